The van der Waals surface area contributed by atoms with E-state index in [0.717, 1.165) is 12.2 Å². The van der Waals surface area contributed by atoms with Gasteiger partial charge in [0, 0.05) is 12.0 Å². The molecule has 0 aromatic heterocycles. The summed E-state index contributed by atoms with van der Waals surface area (Å²) >= 11 is 0. The van der Waals surface area contributed by atoms with E-state index < -0.39 is 0 Å². The van der Waals surface area contributed by atoms with Crippen molar-refractivity contribution in [1.82, 2.24) is 0 Å². The molecule has 0 spiro atoms. The number of nitrogens with one attached hydrogen (secondary N) is 1. The number of Topliss-reactive ketones (excluding diaryl/α,β-unsaturated/α-hetero) is 1. The Kier molecular flexibility index (Phi) is 3.80. The van der Waals surface area contributed by atoms with E-state index in [-0.39, 0.29) is 17.6 Å². The van der Waals surface area contributed by atoms with E-state index in [4.69, 9.17) is 4.74 Å². The predicted molar refractivity (Wildman–Crippen MR) is 76.6 cm³/mol. The highest BCUT2D eigenvalue weighted by Gasteiger charge is 2.18. The van der Waals surface area contributed by atoms with Crippen LogP contribution in [0.2, 0.25) is 0 Å². The fourth-order valence-electron chi connectivity index (χ4n) is 1.87. The minimum atomic E-state index is -0.0749. The molecule has 1 aliphatic heterocycles. The van der Waals surface area contributed by atoms with Crippen molar-refractivity contribution >= 4 is 11.5 Å². The molecule has 0 aliphatic carbocycles. The Hall–Kier alpha value is -1.95. The summed E-state index contributed by atoms with van der Waals surface area (Å²) in [5, 5.41) is 3.22. The fraction of sp³-hybridized carbons (Fsp3) is 0.438. The van der Waals surface area contributed by atoms with Crippen LogP contribution in [0.1, 0.15) is 37.6 Å². The Bertz CT molecular complexity index is 544. The number of fused-ring (bicyclic) bond motifs is 1. The van der Waals surface area contributed by atoms with Gasteiger partial charge in [-0.25, -0.2) is 0 Å². The number of hydrogen-bond donors (Lipinski definition) is 1. The van der Waals surface area contributed by atoms with Gasteiger partial charge < -0.3 is 10.1 Å². The van der Waals surface area contributed by atoms with E-state index in [9.17, 15) is 4.79 Å². The molecule has 0 saturated carbocycles. The molecule has 2 rings (SSSR count). The summed E-state index contributed by atoms with van der Waals surface area (Å²) in [6.45, 7) is 7.45. The lowest BCUT2D eigenvalue weighted by Gasteiger charge is -2.20. The highest BCUT2D eigenvalue weighted by Crippen LogP contribution is 2.31. The normalized spacial score (nSPS) is 13.4. The van der Waals surface area contributed by atoms with Gasteiger partial charge in [0.15, 0.2) is 11.5 Å². The maximum absolute atomic E-state index is 12.2. The number of rotatable bonds is 2. The molecular weight excluding hydrogens is 238 g/mol. The molecule has 0 bridgehead atoms. The predicted octanol–water partition coefficient (Wildman–Crippen LogP) is 3.11. The van der Waals surface area contributed by atoms with Crippen molar-refractivity contribution in [3.63, 3.8) is 0 Å². The van der Waals surface area contributed by atoms with Gasteiger partial charge in [-0.1, -0.05) is 17.9 Å². The molecule has 0 unspecified atom stereocenters. The first-order valence-corrected chi connectivity index (χ1v) is 6.50. The number of hydrogen-bond acceptors (Lipinski definition) is 3. The second kappa shape index (κ2) is 5.36. The smallest absolute Gasteiger partial charge is 0.178 e. The first kappa shape index (κ1) is 13.5. The van der Waals surface area contributed by atoms with E-state index in [1.165, 1.54) is 0 Å². The van der Waals surface area contributed by atoms with Crippen molar-refractivity contribution in [2.45, 2.75) is 27.2 Å². The highest BCUT2D eigenvalue weighted by atomic mass is 16.5. The van der Waals surface area contributed by atoms with Crippen LogP contribution in [0.5, 0.6) is 5.75 Å². The molecule has 19 heavy (non-hydrogen) atoms. The van der Waals surface area contributed by atoms with Crippen LogP contribution in [-0.4, -0.2) is 18.9 Å². The second-order valence-corrected chi connectivity index (χ2v) is 5.61. The maximum Gasteiger partial charge on any atom is 0.178 e. The SMILES string of the molecule is CC(C)(C)C#CCC(=O)c1cccc2c1OCCN2. The third-order valence-corrected chi connectivity index (χ3v) is 2.69. The van der Waals surface area contributed by atoms with E-state index in [0.29, 0.717) is 17.9 Å². The molecule has 1 heterocycles. The summed E-state index contributed by atoms with van der Waals surface area (Å²) in [6.07, 6.45) is 0.233. The Morgan fingerprint density at radius 3 is 2.95 bits per heavy atom. The Morgan fingerprint density at radius 1 is 1.42 bits per heavy atom. The monoisotopic (exact) mass is 257 g/mol. The van der Waals surface area contributed by atoms with E-state index in [2.05, 4.69) is 17.2 Å². The number of anilines is 1. The number of ketones is 1. The second-order valence-electron chi connectivity index (χ2n) is 5.61. The van der Waals surface area contributed by atoms with Gasteiger partial charge in [-0.3, -0.25) is 4.79 Å². The molecular formula is C16H19NO2. The third kappa shape index (κ3) is 3.51. The Labute approximate surface area is 114 Å². The van der Waals surface area contributed by atoms with Gasteiger partial charge in [0.25, 0.3) is 0 Å². The molecule has 0 atom stereocenters. The molecule has 0 amide bonds. The lowest BCUT2D eigenvalue weighted by atomic mass is 9.97. The average molecular weight is 257 g/mol. The quantitative estimate of drug-likeness (QED) is 0.653. The minimum Gasteiger partial charge on any atom is -0.489 e. The summed E-state index contributed by atoms with van der Waals surface area (Å²) in [5.74, 6) is 6.70. The van der Waals surface area contributed by atoms with Crippen LogP contribution in [0.3, 0.4) is 0 Å². The van der Waals surface area contributed by atoms with Crippen LogP contribution in [-0.2, 0) is 0 Å². The van der Waals surface area contributed by atoms with Crippen LogP contribution in [0.4, 0.5) is 5.69 Å². The maximum atomic E-state index is 12.2. The van der Waals surface area contributed by atoms with Crippen molar-refractivity contribution in [3.8, 4) is 17.6 Å². The molecule has 0 saturated heterocycles. The fourth-order valence-corrected chi connectivity index (χ4v) is 1.87. The van der Waals surface area contributed by atoms with Crippen LogP contribution in [0.15, 0.2) is 18.2 Å². The summed E-state index contributed by atoms with van der Waals surface area (Å²) in [4.78, 5) is 12.2. The van der Waals surface area contributed by atoms with Crippen LogP contribution < -0.4 is 10.1 Å². The average Bonchev–Trinajstić information content (AvgIpc) is 2.36. The zero-order valence-corrected chi connectivity index (χ0v) is 11.7. The largest absolute Gasteiger partial charge is 0.489 e. The van der Waals surface area contributed by atoms with Gasteiger partial charge >= 0.3 is 0 Å². The molecule has 1 N–H and O–H groups in total. The molecule has 3 heteroatoms. The number of carbonyl (C=O) groups excluding carboxylic acids is 1. The van der Waals surface area contributed by atoms with Gasteiger partial charge in [0.1, 0.15) is 6.61 Å². The summed E-state index contributed by atoms with van der Waals surface area (Å²) < 4.78 is 5.59. The van der Waals surface area contributed by atoms with Gasteiger partial charge in [0.05, 0.1) is 17.7 Å². The molecule has 3 nitrogen and oxygen atoms in total. The highest BCUT2D eigenvalue weighted by molar-refractivity contribution is 6.01. The van der Waals surface area contributed by atoms with E-state index in [1.54, 1.807) is 6.07 Å². The molecule has 0 radical (unpaired) electrons. The van der Waals surface area contributed by atoms with Crippen LogP contribution in [0.25, 0.3) is 0 Å². The standard InChI is InChI=1S/C16H19NO2/c1-16(2,3)9-5-8-14(18)12-6-4-7-13-15(12)19-11-10-17-13/h4,6-7,17H,8,10-11H2,1-3H3. The molecule has 100 valence electrons. The van der Waals surface area contributed by atoms with Crippen LogP contribution >= 0.6 is 0 Å². The summed E-state index contributed by atoms with van der Waals surface area (Å²) in [7, 11) is 0. The molecule has 1 aromatic carbocycles. The van der Waals surface area contributed by atoms with Gasteiger partial charge in [0.2, 0.25) is 0 Å². The van der Waals surface area contributed by atoms with Crippen LogP contribution in [0, 0.1) is 17.3 Å². The Morgan fingerprint density at radius 2 is 2.21 bits per heavy atom. The summed E-state index contributed by atoms with van der Waals surface area (Å²) in [5.41, 5.74) is 1.43. The van der Waals surface area contributed by atoms with Crippen molar-refractivity contribution in [3.05, 3.63) is 23.8 Å². The first-order valence-electron chi connectivity index (χ1n) is 6.50. The molecule has 1 aliphatic rings. The van der Waals surface area contributed by atoms with Crippen molar-refractivity contribution < 1.29 is 9.53 Å². The van der Waals surface area contributed by atoms with E-state index >= 15 is 0 Å². The number of carbonyl (C=O) groups is 1. The van der Waals surface area contributed by atoms with Gasteiger partial charge in [-0.15, -0.1) is 0 Å². The first-order chi connectivity index (χ1) is 8.97. The molecule has 1 aromatic rings. The van der Waals surface area contributed by atoms with Crippen molar-refractivity contribution in [2.24, 2.45) is 5.41 Å². The Balaban J connectivity index is 2.17. The molecule has 0 fully saturated rings. The van der Waals surface area contributed by atoms with Crippen molar-refractivity contribution in [1.29, 1.82) is 0 Å². The number of ether oxygens (including phenoxy) is 1. The van der Waals surface area contributed by atoms with Gasteiger partial charge in [-0.05, 0) is 32.9 Å². The lowest BCUT2D eigenvalue weighted by molar-refractivity contribution is 0.0994. The van der Waals surface area contributed by atoms with Gasteiger partial charge in [-0.2, -0.15) is 0 Å². The topological polar surface area (TPSA) is 38.3 Å². The minimum absolute atomic E-state index is 0.0114. The third-order valence-electron chi connectivity index (χ3n) is 2.69. The summed E-state index contributed by atoms with van der Waals surface area (Å²) in [6, 6.07) is 5.59. The van der Waals surface area contributed by atoms with E-state index in [1.807, 2.05) is 32.9 Å². The lowest BCUT2D eigenvalue weighted by Crippen LogP contribution is -2.20. The zero-order chi connectivity index (χ0) is 13.9. The zero-order valence-electron chi connectivity index (χ0n) is 11.7. The number of benzene rings is 1. The van der Waals surface area contributed by atoms with Crippen molar-refractivity contribution in [2.75, 3.05) is 18.5 Å². The number of para-hydroxylation sites is 1.